The molecule has 21 heavy (non-hydrogen) atoms. The van der Waals surface area contributed by atoms with Crippen LogP contribution in [0.15, 0.2) is 24.3 Å². The predicted molar refractivity (Wildman–Crippen MR) is 65.1 cm³/mol. The van der Waals surface area contributed by atoms with Gasteiger partial charge in [0.1, 0.15) is 5.75 Å². The molecule has 0 saturated heterocycles. The quantitative estimate of drug-likeness (QED) is 0.781. The van der Waals surface area contributed by atoms with Crippen LogP contribution in [0.5, 0.6) is 5.75 Å². The van der Waals surface area contributed by atoms with Crippen molar-refractivity contribution in [2.45, 2.75) is 25.6 Å². The van der Waals surface area contributed by atoms with Crippen molar-refractivity contribution < 1.29 is 31.5 Å². The maximum Gasteiger partial charge on any atom is 0.463 e. The van der Waals surface area contributed by atoms with Crippen molar-refractivity contribution in [3.8, 4) is 5.75 Å². The lowest BCUT2D eigenvalue weighted by atomic mass is 10.2. The summed E-state index contributed by atoms with van der Waals surface area (Å²) in [7, 11) is 1.43. The zero-order valence-electron chi connectivity index (χ0n) is 11.4. The van der Waals surface area contributed by atoms with E-state index in [-0.39, 0.29) is 13.1 Å². The summed E-state index contributed by atoms with van der Waals surface area (Å²) >= 11 is 0. The van der Waals surface area contributed by atoms with Crippen molar-refractivity contribution in [1.82, 2.24) is 4.90 Å². The molecule has 0 aromatic heterocycles. The Bertz CT molecular complexity index is 484. The van der Waals surface area contributed by atoms with Crippen molar-refractivity contribution in [3.63, 3.8) is 0 Å². The minimum atomic E-state index is -5.91. The van der Waals surface area contributed by atoms with Crippen LogP contribution in [0.3, 0.4) is 0 Å². The van der Waals surface area contributed by atoms with E-state index in [1.165, 1.54) is 38.3 Å². The SMILES string of the molecule is CCN(Cc1ccc(OC)cc1)C(=O)C(F)(F)C(F)(F)F. The molecule has 3 nitrogen and oxygen atoms in total. The van der Waals surface area contributed by atoms with E-state index in [9.17, 15) is 26.7 Å². The Hall–Kier alpha value is -1.86. The molecule has 0 radical (unpaired) electrons. The number of hydrogen-bond donors (Lipinski definition) is 0. The van der Waals surface area contributed by atoms with Gasteiger partial charge in [0.25, 0.3) is 0 Å². The summed E-state index contributed by atoms with van der Waals surface area (Å²) in [6.45, 7) is 0.718. The van der Waals surface area contributed by atoms with Crippen molar-refractivity contribution in [1.29, 1.82) is 0 Å². The molecule has 0 unspecified atom stereocenters. The van der Waals surface area contributed by atoms with Crippen LogP contribution in [-0.4, -0.2) is 36.6 Å². The molecule has 1 amide bonds. The highest BCUT2D eigenvalue weighted by Crippen LogP contribution is 2.37. The van der Waals surface area contributed by atoms with E-state index in [1.807, 2.05) is 0 Å². The number of rotatable bonds is 5. The van der Waals surface area contributed by atoms with E-state index in [4.69, 9.17) is 4.74 Å². The zero-order chi connectivity index (χ0) is 16.3. The fourth-order valence-electron chi connectivity index (χ4n) is 1.60. The van der Waals surface area contributed by atoms with E-state index in [0.29, 0.717) is 16.2 Å². The fraction of sp³-hybridized carbons (Fsp3) is 0.462. The molecule has 118 valence electrons. The van der Waals surface area contributed by atoms with Crippen molar-refractivity contribution >= 4 is 5.91 Å². The third kappa shape index (κ3) is 3.83. The van der Waals surface area contributed by atoms with Crippen molar-refractivity contribution in [2.24, 2.45) is 0 Å². The summed E-state index contributed by atoms with van der Waals surface area (Å²) in [5.41, 5.74) is 0.420. The molecule has 0 spiro atoms. The maximum atomic E-state index is 13.0. The van der Waals surface area contributed by atoms with Gasteiger partial charge >= 0.3 is 18.0 Å². The standard InChI is InChI=1S/C13H14F5NO2/c1-3-19(11(20)12(14,15)13(16,17)18)8-9-4-6-10(21-2)7-5-9/h4-7H,3,8H2,1-2H3. The van der Waals surface area contributed by atoms with Crippen LogP contribution in [0.1, 0.15) is 12.5 Å². The monoisotopic (exact) mass is 311 g/mol. The summed E-state index contributed by atoms with van der Waals surface area (Å²) in [6.07, 6.45) is -5.91. The van der Waals surface area contributed by atoms with E-state index in [0.717, 1.165) is 0 Å². The topological polar surface area (TPSA) is 29.5 Å². The normalized spacial score (nSPS) is 12.1. The first-order valence-electron chi connectivity index (χ1n) is 6.00. The smallest absolute Gasteiger partial charge is 0.463 e. The largest absolute Gasteiger partial charge is 0.497 e. The van der Waals surface area contributed by atoms with Crippen LogP contribution in [-0.2, 0) is 11.3 Å². The molecule has 0 fully saturated rings. The van der Waals surface area contributed by atoms with Gasteiger partial charge in [0.15, 0.2) is 0 Å². The lowest BCUT2D eigenvalue weighted by Crippen LogP contribution is -2.51. The molecule has 0 bridgehead atoms. The zero-order valence-corrected chi connectivity index (χ0v) is 11.4. The minimum Gasteiger partial charge on any atom is -0.497 e. The van der Waals surface area contributed by atoms with E-state index in [2.05, 4.69) is 0 Å². The molecule has 1 rings (SSSR count). The number of benzene rings is 1. The Morgan fingerprint density at radius 1 is 1.14 bits per heavy atom. The number of nitrogens with zero attached hydrogens (tertiary/aromatic N) is 1. The molecule has 0 saturated carbocycles. The van der Waals surface area contributed by atoms with Crippen LogP contribution in [0.25, 0.3) is 0 Å². The van der Waals surface area contributed by atoms with E-state index < -0.39 is 18.0 Å². The summed E-state index contributed by atoms with van der Waals surface area (Å²) in [5.74, 6) is -7.14. The number of ether oxygens (including phenoxy) is 1. The van der Waals surface area contributed by atoms with Gasteiger partial charge in [0.05, 0.1) is 7.11 Å². The Morgan fingerprint density at radius 2 is 1.67 bits per heavy atom. The average Bonchev–Trinajstić information content (AvgIpc) is 2.43. The molecule has 1 aromatic carbocycles. The van der Waals surface area contributed by atoms with Crippen LogP contribution in [0.2, 0.25) is 0 Å². The number of hydrogen-bond acceptors (Lipinski definition) is 2. The van der Waals surface area contributed by atoms with Crippen LogP contribution in [0.4, 0.5) is 22.0 Å². The first-order chi connectivity index (χ1) is 9.63. The second-order valence-electron chi connectivity index (χ2n) is 4.24. The van der Waals surface area contributed by atoms with Crippen LogP contribution >= 0.6 is 0 Å². The van der Waals surface area contributed by atoms with Gasteiger partial charge in [0.2, 0.25) is 0 Å². The van der Waals surface area contributed by atoms with Gasteiger partial charge in [-0.15, -0.1) is 0 Å². The Morgan fingerprint density at radius 3 is 2.05 bits per heavy atom. The summed E-state index contributed by atoms with van der Waals surface area (Å²) in [5, 5.41) is 0. The molecule has 0 heterocycles. The Labute approximate surface area is 118 Å². The Balaban J connectivity index is 2.90. The van der Waals surface area contributed by atoms with E-state index >= 15 is 0 Å². The summed E-state index contributed by atoms with van der Waals surface area (Å²) in [6, 6.07) is 6.02. The lowest BCUT2D eigenvalue weighted by molar-refractivity contribution is -0.274. The first-order valence-corrected chi connectivity index (χ1v) is 6.00. The summed E-state index contributed by atoms with van der Waals surface area (Å²) in [4.78, 5) is 11.9. The van der Waals surface area contributed by atoms with Gasteiger partial charge in [-0.2, -0.15) is 22.0 Å². The third-order valence-corrected chi connectivity index (χ3v) is 2.83. The molecule has 0 aliphatic rings. The molecule has 0 aliphatic carbocycles. The van der Waals surface area contributed by atoms with Gasteiger partial charge < -0.3 is 9.64 Å². The lowest BCUT2D eigenvalue weighted by Gasteiger charge is -2.27. The molecule has 0 N–H and O–H groups in total. The van der Waals surface area contributed by atoms with Gasteiger partial charge in [-0.3, -0.25) is 4.79 Å². The van der Waals surface area contributed by atoms with Crippen molar-refractivity contribution in [2.75, 3.05) is 13.7 Å². The van der Waals surface area contributed by atoms with Gasteiger partial charge in [-0.05, 0) is 24.6 Å². The number of alkyl halides is 5. The number of carbonyl (C=O) groups is 1. The Kier molecular flexibility index (Phi) is 5.14. The number of carbonyl (C=O) groups excluding carboxylic acids is 1. The summed E-state index contributed by atoms with van der Waals surface area (Å²) < 4.78 is 67.6. The molecule has 8 heteroatoms. The first kappa shape index (κ1) is 17.2. The predicted octanol–water partition coefficient (Wildman–Crippen LogP) is 3.24. The highest BCUT2D eigenvalue weighted by Gasteiger charge is 2.64. The average molecular weight is 311 g/mol. The van der Waals surface area contributed by atoms with Gasteiger partial charge in [0, 0.05) is 13.1 Å². The molecular weight excluding hydrogens is 297 g/mol. The van der Waals surface area contributed by atoms with Gasteiger partial charge in [-0.25, -0.2) is 0 Å². The molecule has 0 aliphatic heterocycles. The van der Waals surface area contributed by atoms with Crippen LogP contribution < -0.4 is 4.74 Å². The number of halogens is 5. The van der Waals surface area contributed by atoms with E-state index in [1.54, 1.807) is 0 Å². The highest BCUT2D eigenvalue weighted by molar-refractivity contribution is 5.84. The molecule has 0 atom stereocenters. The third-order valence-electron chi connectivity index (χ3n) is 2.83. The van der Waals surface area contributed by atoms with Crippen molar-refractivity contribution in [3.05, 3.63) is 29.8 Å². The second kappa shape index (κ2) is 6.28. The molecular formula is C13H14F5NO2. The van der Waals surface area contributed by atoms with Gasteiger partial charge in [-0.1, -0.05) is 12.1 Å². The number of amides is 1. The van der Waals surface area contributed by atoms with Crippen LogP contribution in [0, 0.1) is 0 Å². The fourth-order valence-corrected chi connectivity index (χ4v) is 1.60. The molecule has 1 aromatic rings. The number of methoxy groups -OCH3 is 1. The maximum absolute atomic E-state index is 13.0. The second-order valence-corrected chi connectivity index (χ2v) is 4.24. The highest BCUT2D eigenvalue weighted by atomic mass is 19.4. The minimum absolute atomic E-state index is 0.267.